The molecule has 3 N–H and O–H groups in total. The Morgan fingerprint density at radius 3 is 2.20 bits per heavy atom. The second-order valence-electron chi connectivity index (χ2n) is 4.44. The zero-order chi connectivity index (χ0) is 13.7. The van der Waals surface area contributed by atoms with Crippen LogP contribution >= 0.6 is 0 Å². The normalized spacial score (nSPS) is 12.4. The first-order chi connectivity index (χ1) is 9.02. The summed E-state index contributed by atoms with van der Waals surface area (Å²) in [5.41, 5.74) is 6.87. The van der Waals surface area contributed by atoms with E-state index in [0.717, 1.165) is 0 Å². The number of hydrogen-bond donors (Lipinski definition) is 2. The first-order valence-electron chi connectivity index (χ1n) is 5.73. The van der Waals surface area contributed by atoms with E-state index in [0.29, 0.717) is 16.7 Å². The van der Waals surface area contributed by atoms with Crippen molar-refractivity contribution in [2.75, 3.05) is 0 Å². The van der Waals surface area contributed by atoms with Crippen LogP contribution in [0.15, 0.2) is 24.3 Å². The summed E-state index contributed by atoms with van der Waals surface area (Å²) in [7, 11) is 0. The molecule has 1 aromatic heterocycles. The van der Waals surface area contributed by atoms with Gasteiger partial charge in [-0.1, -0.05) is 31.7 Å². The molecule has 1 aliphatic rings. The Labute approximate surface area is 115 Å². The highest BCUT2D eigenvalue weighted by atomic mass is 16.1. The Balaban J connectivity index is 0.00000147. The van der Waals surface area contributed by atoms with E-state index in [1.807, 2.05) is 0 Å². The summed E-state index contributed by atoms with van der Waals surface area (Å²) in [6.07, 6.45) is 0. The number of carbonyl (C=O) groups is 3. The summed E-state index contributed by atoms with van der Waals surface area (Å²) in [6.45, 7) is 1.61. The molecular formula is C15H14N2O3. The number of aromatic amines is 1. The Bertz CT molecular complexity index is 756. The third kappa shape index (κ3) is 1.60. The number of aromatic nitrogens is 1. The van der Waals surface area contributed by atoms with E-state index in [-0.39, 0.29) is 35.9 Å². The highest BCUT2D eigenvalue weighted by Crippen LogP contribution is 2.30. The number of primary amides is 1. The molecule has 0 bridgehead atoms. The summed E-state index contributed by atoms with van der Waals surface area (Å²) in [5.74, 6) is -1.23. The molecule has 5 nitrogen and oxygen atoms in total. The lowest BCUT2D eigenvalue weighted by molar-refractivity contribution is 0.0976. The van der Waals surface area contributed by atoms with E-state index < -0.39 is 5.91 Å². The van der Waals surface area contributed by atoms with Gasteiger partial charge in [0.25, 0.3) is 5.91 Å². The van der Waals surface area contributed by atoms with Crippen LogP contribution in [0.5, 0.6) is 0 Å². The van der Waals surface area contributed by atoms with Crippen LogP contribution in [0.4, 0.5) is 0 Å². The van der Waals surface area contributed by atoms with E-state index in [4.69, 9.17) is 5.73 Å². The topological polar surface area (TPSA) is 93.0 Å². The zero-order valence-electron chi connectivity index (χ0n) is 10.1. The van der Waals surface area contributed by atoms with Crippen molar-refractivity contribution in [3.63, 3.8) is 0 Å². The van der Waals surface area contributed by atoms with Crippen LogP contribution in [0, 0.1) is 6.92 Å². The third-order valence-electron chi connectivity index (χ3n) is 3.37. The lowest BCUT2D eigenvalue weighted by atomic mass is 9.86. The monoisotopic (exact) mass is 270 g/mol. The Morgan fingerprint density at radius 2 is 1.65 bits per heavy atom. The van der Waals surface area contributed by atoms with Gasteiger partial charge in [-0.2, -0.15) is 0 Å². The molecule has 0 saturated heterocycles. The number of rotatable bonds is 1. The maximum atomic E-state index is 12.4. The number of nitrogens with one attached hydrogen (secondary N) is 1. The molecule has 1 aliphatic carbocycles. The van der Waals surface area contributed by atoms with Gasteiger partial charge in [-0.15, -0.1) is 0 Å². The molecule has 3 rings (SSSR count). The smallest absolute Gasteiger partial charge is 0.265 e. The van der Waals surface area contributed by atoms with Gasteiger partial charge >= 0.3 is 0 Å². The van der Waals surface area contributed by atoms with Gasteiger partial charge in [0.15, 0.2) is 5.78 Å². The van der Waals surface area contributed by atoms with Crippen molar-refractivity contribution in [2.24, 2.45) is 5.73 Å². The van der Waals surface area contributed by atoms with Crippen molar-refractivity contribution in [2.45, 2.75) is 14.4 Å². The Kier molecular flexibility index (Phi) is 3.06. The summed E-state index contributed by atoms with van der Waals surface area (Å²) >= 11 is 0. The molecule has 0 unspecified atom stereocenters. The van der Waals surface area contributed by atoms with Gasteiger partial charge < -0.3 is 10.7 Å². The SMILES string of the molecule is C.Cc1c(C(N)=O)[nH]c2c1C(=O)c1ccccc1C2=O. The van der Waals surface area contributed by atoms with Gasteiger partial charge in [-0.05, 0) is 12.5 Å². The summed E-state index contributed by atoms with van der Waals surface area (Å²) in [5, 5.41) is 0. The minimum atomic E-state index is -0.684. The molecule has 0 fully saturated rings. The largest absolute Gasteiger partial charge is 0.364 e. The third-order valence-corrected chi connectivity index (χ3v) is 3.37. The van der Waals surface area contributed by atoms with Crippen LogP contribution in [-0.4, -0.2) is 22.5 Å². The molecular weight excluding hydrogens is 256 g/mol. The first kappa shape index (κ1) is 13.7. The van der Waals surface area contributed by atoms with Crippen molar-refractivity contribution in [3.8, 4) is 0 Å². The second kappa shape index (κ2) is 4.45. The lowest BCUT2D eigenvalue weighted by Gasteiger charge is -2.14. The number of ketones is 2. The van der Waals surface area contributed by atoms with Gasteiger partial charge in [0, 0.05) is 11.1 Å². The zero-order valence-corrected chi connectivity index (χ0v) is 10.1. The van der Waals surface area contributed by atoms with Gasteiger partial charge in [-0.25, -0.2) is 0 Å². The molecule has 0 aliphatic heterocycles. The van der Waals surface area contributed by atoms with Crippen molar-refractivity contribution in [3.05, 3.63) is 57.9 Å². The maximum absolute atomic E-state index is 12.4. The van der Waals surface area contributed by atoms with E-state index in [9.17, 15) is 14.4 Å². The summed E-state index contributed by atoms with van der Waals surface area (Å²) < 4.78 is 0. The first-order valence-corrected chi connectivity index (χ1v) is 5.73. The molecule has 1 heterocycles. The summed E-state index contributed by atoms with van der Waals surface area (Å²) in [4.78, 5) is 38.7. The molecule has 0 saturated carbocycles. The second-order valence-corrected chi connectivity index (χ2v) is 4.44. The van der Waals surface area contributed by atoms with E-state index in [1.165, 1.54) is 0 Å². The number of carbonyl (C=O) groups excluding carboxylic acids is 3. The van der Waals surface area contributed by atoms with Crippen molar-refractivity contribution >= 4 is 17.5 Å². The number of amides is 1. The van der Waals surface area contributed by atoms with Crippen molar-refractivity contribution in [1.82, 2.24) is 4.98 Å². The van der Waals surface area contributed by atoms with Crippen molar-refractivity contribution < 1.29 is 14.4 Å². The van der Waals surface area contributed by atoms with Crippen LogP contribution in [0.3, 0.4) is 0 Å². The van der Waals surface area contributed by atoms with Gasteiger partial charge in [0.05, 0.1) is 11.3 Å². The van der Waals surface area contributed by atoms with Gasteiger partial charge in [-0.3, -0.25) is 14.4 Å². The van der Waals surface area contributed by atoms with E-state index in [2.05, 4.69) is 4.98 Å². The fourth-order valence-electron chi connectivity index (χ4n) is 2.44. The molecule has 102 valence electrons. The van der Waals surface area contributed by atoms with Gasteiger partial charge in [0.2, 0.25) is 5.78 Å². The minimum Gasteiger partial charge on any atom is -0.364 e. The van der Waals surface area contributed by atoms with E-state index >= 15 is 0 Å². The van der Waals surface area contributed by atoms with Gasteiger partial charge in [0.1, 0.15) is 5.69 Å². The molecule has 1 aromatic carbocycles. The number of benzene rings is 1. The average molecular weight is 270 g/mol. The summed E-state index contributed by atoms with van der Waals surface area (Å²) in [6, 6.07) is 6.60. The minimum absolute atomic E-state index is 0. The predicted molar refractivity (Wildman–Crippen MR) is 74.1 cm³/mol. The molecule has 1 amide bonds. The molecule has 5 heteroatoms. The van der Waals surface area contributed by atoms with E-state index in [1.54, 1.807) is 31.2 Å². The van der Waals surface area contributed by atoms with Crippen LogP contribution < -0.4 is 5.73 Å². The fraction of sp³-hybridized carbons (Fsp3) is 0.133. The molecule has 0 radical (unpaired) electrons. The lowest BCUT2D eigenvalue weighted by Crippen LogP contribution is -2.20. The van der Waals surface area contributed by atoms with Crippen molar-refractivity contribution in [1.29, 1.82) is 0 Å². The quantitative estimate of drug-likeness (QED) is 0.706. The molecule has 2 aromatic rings. The standard InChI is InChI=1S/C14H10N2O3.CH4/c1-6-9-11(16-10(6)14(15)19)13(18)8-5-3-2-4-7(8)12(9)17;/h2-5,16H,1H3,(H2,15,19);1H4. The Hall–Kier alpha value is -2.69. The van der Waals surface area contributed by atoms with Crippen LogP contribution in [0.25, 0.3) is 0 Å². The highest BCUT2D eigenvalue weighted by Gasteiger charge is 2.34. The maximum Gasteiger partial charge on any atom is 0.265 e. The Morgan fingerprint density at radius 1 is 1.10 bits per heavy atom. The fourth-order valence-corrected chi connectivity index (χ4v) is 2.44. The molecule has 0 atom stereocenters. The number of H-pyrrole nitrogens is 1. The molecule has 0 spiro atoms. The predicted octanol–water partition coefficient (Wildman–Crippen LogP) is 1.83. The average Bonchev–Trinajstić information content (AvgIpc) is 2.74. The van der Waals surface area contributed by atoms with Crippen LogP contribution in [-0.2, 0) is 0 Å². The van der Waals surface area contributed by atoms with Crippen LogP contribution in [0.2, 0.25) is 0 Å². The highest BCUT2D eigenvalue weighted by molar-refractivity contribution is 6.29. The molecule has 20 heavy (non-hydrogen) atoms. The van der Waals surface area contributed by atoms with Crippen LogP contribution in [0.1, 0.15) is 55.5 Å². The number of fused-ring (bicyclic) bond motifs is 2. The number of nitrogens with two attached hydrogens (primary N) is 1. The number of hydrogen-bond acceptors (Lipinski definition) is 3.